The maximum atomic E-state index is 13.6. The highest BCUT2D eigenvalue weighted by Gasteiger charge is 2.50. The Bertz CT molecular complexity index is 1860. The molecule has 1 saturated heterocycles. The van der Waals surface area contributed by atoms with Gasteiger partial charge in [0.25, 0.3) is 11.5 Å². The molecule has 8 rings (SSSR count). The maximum Gasteiger partial charge on any atom is 0.253 e. The fourth-order valence-corrected chi connectivity index (χ4v) is 10.0. The summed E-state index contributed by atoms with van der Waals surface area (Å²) in [5.41, 5.74) is 5.42. The Morgan fingerprint density at radius 2 is 1.68 bits per heavy atom. The van der Waals surface area contributed by atoms with Crippen LogP contribution >= 0.6 is 0 Å². The van der Waals surface area contributed by atoms with Gasteiger partial charge < -0.3 is 31.2 Å². The van der Waals surface area contributed by atoms with E-state index in [0.29, 0.717) is 34.2 Å². The molecule has 0 radical (unpaired) electrons. The number of carbonyl (C=O) groups is 2. The largest absolute Gasteiger partial charge is 0.382 e. The number of hydrogen-bond donors (Lipinski definition) is 5. The summed E-state index contributed by atoms with van der Waals surface area (Å²) in [6.45, 7) is 12.9. The number of hydrogen-bond acceptors (Lipinski definition) is 8. The van der Waals surface area contributed by atoms with E-state index in [1.54, 1.807) is 6.07 Å². The van der Waals surface area contributed by atoms with Gasteiger partial charge in [0.1, 0.15) is 5.82 Å². The smallest absolute Gasteiger partial charge is 0.253 e. The minimum Gasteiger partial charge on any atom is -0.382 e. The molecule has 5 aliphatic rings. The highest BCUT2D eigenvalue weighted by molar-refractivity contribution is 6.06. The normalized spacial score (nSPS) is 23.6. The number of piperazine rings is 1. The summed E-state index contributed by atoms with van der Waals surface area (Å²) in [7, 11) is 0. The summed E-state index contributed by atoms with van der Waals surface area (Å²) in [4.78, 5) is 51.4. The predicted octanol–water partition coefficient (Wildman–Crippen LogP) is 5.65. The van der Waals surface area contributed by atoms with Crippen LogP contribution in [-0.4, -0.2) is 78.2 Å². The van der Waals surface area contributed by atoms with Crippen molar-refractivity contribution in [3.8, 4) is 11.1 Å². The van der Waals surface area contributed by atoms with Crippen LogP contribution < -0.4 is 26.4 Å². The van der Waals surface area contributed by atoms with Crippen LogP contribution in [0.2, 0.25) is 0 Å². The quantitative estimate of drug-likeness (QED) is 0.144. The predicted molar refractivity (Wildman–Crippen MR) is 211 cm³/mol. The molecule has 4 saturated carbocycles. The van der Waals surface area contributed by atoms with Gasteiger partial charge in [-0.15, -0.1) is 0 Å². The van der Waals surface area contributed by atoms with Crippen molar-refractivity contribution in [1.82, 2.24) is 25.5 Å². The van der Waals surface area contributed by atoms with E-state index in [9.17, 15) is 14.4 Å². The first-order chi connectivity index (χ1) is 25.5. The fourth-order valence-electron chi connectivity index (χ4n) is 10.0. The zero-order valence-corrected chi connectivity index (χ0v) is 31.8. The molecule has 4 bridgehead atoms. The summed E-state index contributed by atoms with van der Waals surface area (Å²) in [6.07, 6.45) is 11.8. The number of aryl methyl sites for hydroxylation is 2. The van der Waals surface area contributed by atoms with E-state index in [2.05, 4.69) is 30.7 Å². The van der Waals surface area contributed by atoms with E-state index in [4.69, 9.17) is 10.4 Å². The van der Waals surface area contributed by atoms with Crippen LogP contribution in [0.4, 0.5) is 11.5 Å². The molecule has 2 amide bonds. The van der Waals surface area contributed by atoms with Crippen LogP contribution in [0.5, 0.6) is 0 Å². The summed E-state index contributed by atoms with van der Waals surface area (Å²) in [5.74, 6) is 3.44. The minimum absolute atomic E-state index is 0.0767. The molecule has 4 aliphatic carbocycles. The zero-order chi connectivity index (χ0) is 37.3. The molecule has 282 valence electrons. The van der Waals surface area contributed by atoms with Crippen LogP contribution in [0, 0.1) is 42.4 Å². The third kappa shape index (κ3) is 8.35. The summed E-state index contributed by atoms with van der Waals surface area (Å²) in [5, 5.41) is 17.8. The first kappa shape index (κ1) is 36.8. The Hall–Kier alpha value is -4.51. The molecule has 3 aromatic rings. The topological polar surface area (TPSA) is 146 Å². The Labute approximate surface area is 313 Å². The van der Waals surface area contributed by atoms with Crippen molar-refractivity contribution in [3.63, 3.8) is 0 Å². The summed E-state index contributed by atoms with van der Waals surface area (Å²) < 4.78 is 0. The molecule has 0 atom stereocenters. The van der Waals surface area contributed by atoms with Crippen molar-refractivity contribution in [2.24, 2.45) is 23.2 Å². The van der Waals surface area contributed by atoms with Crippen LogP contribution in [-0.2, 0) is 11.3 Å². The van der Waals surface area contributed by atoms with Gasteiger partial charge in [-0.2, -0.15) is 0 Å². The third-order valence-corrected chi connectivity index (χ3v) is 12.2. The lowest BCUT2D eigenvalue weighted by Gasteiger charge is -2.56. The second-order valence-corrected chi connectivity index (χ2v) is 16.7. The lowest BCUT2D eigenvalue weighted by molar-refractivity contribution is -0.123. The van der Waals surface area contributed by atoms with Gasteiger partial charge >= 0.3 is 0 Å². The van der Waals surface area contributed by atoms with Gasteiger partial charge in [-0.3, -0.25) is 19.3 Å². The van der Waals surface area contributed by atoms with E-state index < -0.39 is 0 Å². The van der Waals surface area contributed by atoms with Crippen molar-refractivity contribution in [2.75, 3.05) is 49.5 Å². The number of anilines is 2. The molecular formula is C42H56N8O3. The van der Waals surface area contributed by atoms with Crippen molar-refractivity contribution < 1.29 is 9.59 Å². The molecule has 11 nitrogen and oxygen atoms in total. The second kappa shape index (κ2) is 15.5. The van der Waals surface area contributed by atoms with Crippen LogP contribution in [0.25, 0.3) is 11.1 Å². The van der Waals surface area contributed by atoms with Crippen molar-refractivity contribution >= 4 is 29.5 Å². The highest BCUT2D eigenvalue weighted by atomic mass is 16.2. The number of benzene rings is 1. The maximum absolute atomic E-state index is 13.6. The van der Waals surface area contributed by atoms with E-state index in [1.165, 1.54) is 44.7 Å². The Morgan fingerprint density at radius 3 is 2.28 bits per heavy atom. The van der Waals surface area contributed by atoms with E-state index >= 15 is 0 Å². The molecule has 11 heteroatoms. The number of nitrogens with zero attached hydrogens (tertiary/aromatic N) is 3. The number of aromatic amines is 1. The zero-order valence-electron chi connectivity index (χ0n) is 31.8. The first-order valence-corrected chi connectivity index (χ1v) is 19.6. The SMILES string of the molecule is Cc1cc(C)c(CNC(=O)c2cc(-c3ccc(N4CCN(CCC(=O)NCC56CC7CC(CC(C7)C5)C6)CC4)nc3)cc(NC(C)C)c2C=N)c(=O)[nH]1. The van der Waals surface area contributed by atoms with Gasteiger partial charge in [-0.25, -0.2) is 4.98 Å². The summed E-state index contributed by atoms with van der Waals surface area (Å²) in [6, 6.07) is 9.77. The number of carbonyl (C=O) groups excluding carboxylic acids is 2. The number of nitrogens with one attached hydrogen (secondary N) is 5. The van der Waals surface area contributed by atoms with E-state index in [-0.39, 0.29) is 30.0 Å². The Morgan fingerprint density at radius 1 is 0.981 bits per heavy atom. The number of amides is 2. The van der Waals surface area contributed by atoms with E-state index in [1.807, 2.05) is 58.2 Å². The van der Waals surface area contributed by atoms with Gasteiger partial charge in [0.05, 0.1) is 5.56 Å². The van der Waals surface area contributed by atoms with Crippen LogP contribution in [0.15, 0.2) is 41.3 Å². The lowest BCUT2D eigenvalue weighted by Crippen LogP contribution is -2.51. The molecule has 0 unspecified atom stereocenters. The molecule has 2 aromatic heterocycles. The first-order valence-electron chi connectivity index (χ1n) is 19.6. The fraction of sp³-hybridized carbons (Fsp3) is 0.548. The van der Waals surface area contributed by atoms with Gasteiger partial charge in [0.15, 0.2) is 0 Å². The third-order valence-electron chi connectivity index (χ3n) is 12.2. The summed E-state index contributed by atoms with van der Waals surface area (Å²) >= 11 is 0. The van der Waals surface area contributed by atoms with Gasteiger partial charge in [-0.1, -0.05) is 0 Å². The van der Waals surface area contributed by atoms with E-state index in [0.717, 1.165) is 85.2 Å². The standard InChI is InChI=1S/C42H56N8O3/c1-26(2)47-37-18-33(17-34(35(37)22-43)40(52)45-24-36-27(3)13-28(4)48-41(36)53)32-5-6-38(44-23-32)50-11-9-49(10-12-50)8-7-39(51)46-25-42-19-29-14-30(20-42)16-31(15-29)21-42/h5-6,13,17-18,22-23,26,29-31,43,47H,7-12,14-16,19-21,24-25H2,1-4H3,(H,45,52)(H,46,51)(H,48,53). The monoisotopic (exact) mass is 720 g/mol. The average molecular weight is 721 g/mol. The number of aromatic nitrogens is 2. The molecule has 1 aromatic carbocycles. The number of rotatable bonds is 13. The average Bonchev–Trinajstić information content (AvgIpc) is 3.12. The highest BCUT2D eigenvalue weighted by Crippen LogP contribution is 2.59. The molecule has 53 heavy (non-hydrogen) atoms. The molecule has 1 aliphatic heterocycles. The van der Waals surface area contributed by atoms with Gasteiger partial charge in [0.2, 0.25) is 5.91 Å². The molecule has 5 fully saturated rings. The Kier molecular flexibility index (Phi) is 10.7. The Balaban J connectivity index is 0.951. The van der Waals surface area contributed by atoms with Crippen LogP contribution in [0.3, 0.4) is 0 Å². The number of H-pyrrole nitrogens is 1. The number of pyridine rings is 2. The molecule has 0 spiro atoms. The second-order valence-electron chi connectivity index (χ2n) is 16.7. The lowest BCUT2D eigenvalue weighted by atomic mass is 9.49. The van der Waals surface area contributed by atoms with Gasteiger partial charge in [0, 0.05) is 98.8 Å². The van der Waals surface area contributed by atoms with Crippen molar-refractivity contribution in [2.45, 2.75) is 85.2 Å². The van der Waals surface area contributed by atoms with Gasteiger partial charge in [-0.05, 0) is 131 Å². The molecule has 5 N–H and O–H groups in total. The molecule has 3 heterocycles. The van der Waals surface area contributed by atoms with Crippen molar-refractivity contribution in [3.05, 3.63) is 74.8 Å². The van der Waals surface area contributed by atoms with Crippen molar-refractivity contribution in [1.29, 1.82) is 5.41 Å². The minimum atomic E-state index is -0.362. The molecular weight excluding hydrogens is 665 g/mol. The van der Waals surface area contributed by atoms with Crippen LogP contribution in [0.1, 0.15) is 91.5 Å².